The number of nitrogens with two attached hydrogens (primary N) is 2. The molecule has 4 heterocycles. The van der Waals surface area contributed by atoms with Gasteiger partial charge in [0.2, 0.25) is 19.6 Å². The van der Waals surface area contributed by atoms with Gasteiger partial charge in [0, 0.05) is 39.1 Å². The van der Waals surface area contributed by atoms with Crippen LogP contribution in [0.25, 0.3) is 0 Å². The molecule has 0 saturated carbocycles. The number of rotatable bonds is 8. The molecule has 314 valence electrons. The first-order chi connectivity index (χ1) is 28.0. The third-order valence-electron chi connectivity index (χ3n) is 9.41. The monoisotopic (exact) mass is 832 g/mol. The zero-order valence-corrected chi connectivity index (χ0v) is 31.1. The highest BCUT2D eigenvalue weighted by atomic mass is 16.6. The van der Waals surface area contributed by atoms with E-state index in [4.69, 9.17) is 30.1 Å². The Labute approximate surface area is 343 Å². The Bertz CT molecular complexity index is 2210. The van der Waals surface area contributed by atoms with Crippen LogP contribution in [-0.2, 0) is 18.6 Å². The molecule has 0 bridgehead atoms. The van der Waals surface area contributed by atoms with E-state index in [2.05, 4.69) is 0 Å². The van der Waals surface area contributed by atoms with Gasteiger partial charge in [-0.2, -0.15) is 0 Å². The second-order valence-electron chi connectivity index (χ2n) is 13.4. The SMILES string of the molecule is C.Cc1ccc2c(c1)B(O)OC2C[N+](=O)[O-].NCC1OB(O)c2cc(N)ccc21.O=[N+]([O-])CC1OB(O)c2cc([N+](=O)[O-])ccc21.O=[N+]([O-])CC1OB(O)c2ccccc21. The highest BCUT2D eigenvalue weighted by Crippen LogP contribution is 2.27. The van der Waals surface area contributed by atoms with Gasteiger partial charge in [0.05, 0.1) is 11.0 Å². The Kier molecular flexibility index (Phi) is 16.0. The maximum atomic E-state index is 10.5. The fourth-order valence-electron chi connectivity index (χ4n) is 6.74. The maximum Gasteiger partial charge on any atom is 0.492 e. The molecule has 0 aliphatic carbocycles. The van der Waals surface area contributed by atoms with E-state index in [0.717, 1.165) is 16.6 Å². The maximum absolute atomic E-state index is 10.5. The van der Waals surface area contributed by atoms with Crippen molar-refractivity contribution >= 4 is 61.7 Å². The van der Waals surface area contributed by atoms with E-state index >= 15 is 0 Å². The molecular weight excluding hydrogens is 792 g/mol. The Morgan fingerprint density at radius 2 is 0.967 bits per heavy atom. The first-order valence-corrected chi connectivity index (χ1v) is 17.7. The average molecular weight is 832 g/mol. The summed E-state index contributed by atoms with van der Waals surface area (Å²) in [6.07, 6.45) is -2.33. The first kappa shape index (κ1) is 46.9. The number of nitrogen functional groups attached to an aromatic ring is 1. The van der Waals surface area contributed by atoms with Crippen LogP contribution in [0.1, 0.15) is 59.7 Å². The van der Waals surface area contributed by atoms with Gasteiger partial charge in [-0.25, -0.2) is 0 Å². The second kappa shape index (κ2) is 20.4. The van der Waals surface area contributed by atoms with Crippen LogP contribution in [0.2, 0.25) is 0 Å². The largest absolute Gasteiger partial charge is 0.492 e. The molecule has 4 aromatic rings. The van der Waals surface area contributed by atoms with Crippen LogP contribution in [0.4, 0.5) is 11.4 Å². The summed E-state index contributed by atoms with van der Waals surface area (Å²) in [5.41, 5.74) is 17.5. The highest BCUT2D eigenvalue weighted by Gasteiger charge is 2.40. The van der Waals surface area contributed by atoms with Crippen LogP contribution in [-0.4, -0.2) is 94.4 Å². The molecule has 4 aromatic carbocycles. The quantitative estimate of drug-likeness (QED) is 0.0537. The lowest BCUT2D eigenvalue weighted by Crippen LogP contribution is -2.28. The molecule has 0 amide bonds. The third-order valence-corrected chi connectivity index (χ3v) is 9.41. The van der Waals surface area contributed by atoms with Crippen molar-refractivity contribution in [2.24, 2.45) is 5.73 Å². The van der Waals surface area contributed by atoms with Crippen molar-refractivity contribution in [3.05, 3.63) is 147 Å². The third kappa shape index (κ3) is 11.3. The molecule has 0 fully saturated rings. The summed E-state index contributed by atoms with van der Waals surface area (Å²) >= 11 is 0. The van der Waals surface area contributed by atoms with Crippen LogP contribution >= 0.6 is 0 Å². The Hall–Kier alpha value is -5.82. The van der Waals surface area contributed by atoms with Gasteiger partial charge in [-0.1, -0.05) is 61.5 Å². The van der Waals surface area contributed by atoms with Gasteiger partial charge in [0.25, 0.3) is 5.69 Å². The van der Waals surface area contributed by atoms with Crippen molar-refractivity contribution in [2.45, 2.75) is 38.8 Å². The molecule has 4 unspecified atom stereocenters. The standard InChI is InChI=1S/C9H10BNO4.C8H7BN2O6.C8H11BN2O2.C8H8BNO4.CH4/c1-6-2-3-7-8(4-6)10(12)15-9(7)5-11(13)14;12-9-7-3-5(11(15)16)1-2-6(7)8(17-9)4-10(13)14;10-4-8-6-2-1-5(11)3-7(6)9(12)13-8;11-9-7-4-2-1-3-6(7)8(14-9)5-10(12)13;/h2-4,9,12H,5H2,1H3;1-3,8,12H,4H2;1-3,8,12H,4,10-11H2;1-4,8,11H,5H2;1H4. The summed E-state index contributed by atoms with van der Waals surface area (Å²) in [6.45, 7) is 1.16. The van der Waals surface area contributed by atoms with Gasteiger partial charge in [-0.15, -0.1) is 0 Å². The minimum absolute atomic E-state index is 0. The zero-order valence-electron chi connectivity index (χ0n) is 31.1. The highest BCUT2D eigenvalue weighted by molar-refractivity contribution is 6.63. The van der Waals surface area contributed by atoms with Gasteiger partial charge in [-0.3, -0.25) is 40.5 Å². The lowest BCUT2D eigenvalue weighted by molar-refractivity contribution is -0.490. The van der Waals surface area contributed by atoms with E-state index < -0.39 is 73.0 Å². The molecule has 4 atom stereocenters. The van der Waals surface area contributed by atoms with Crippen LogP contribution in [0.15, 0.2) is 78.9 Å². The predicted molar refractivity (Wildman–Crippen MR) is 219 cm³/mol. The summed E-state index contributed by atoms with van der Waals surface area (Å²) in [6, 6.07) is 21.5. The van der Waals surface area contributed by atoms with Gasteiger partial charge < -0.3 is 50.2 Å². The number of non-ortho nitro benzene ring substituents is 1. The lowest BCUT2D eigenvalue weighted by Gasteiger charge is -2.07. The van der Waals surface area contributed by atoms with Crippen molar-refractivity contribution < 1.29 is 58.4 Å². The number of anilines is 1. The van der Waals surface area contributed by atoms with Crippen LogP contribution < -0.4 is 33.3 Å². The minimum atomic E-state index is -1.35. The van der Waals surface area contributed by atoms with Gasteiger partial charge in [-0.05, 0) is 69.2 Å². The van der Waals surface area contributed by atoms with Crippen LogP contribution in [0, 0.1) is 47.4 Å². The fraction of sp³-hybridized carbons (Fsp3) is 0.294. The van der Waals surface area contributed by atoms with E-state index in [1.54, 1.807) is 48.5 Å². The molecule has 8 N–H and O–H groups in total. The summed E-state index contributed by atoms with van der Waals surface area (Å²) < 4.78 is 20.3. The molecule has 22 nitrogen and oxygen atoms in total. The number of hydrogen-bond acceptors (Lipinski definition) is 18. The number of benzene rings is 4. The summed E-state index contributed by atoms with van der Waals surface area (Å²) in [5.74, 6) is 0. The first-order valence-electron chi connectivity index (χ1n) is 17.7. The molecule has 26 heteroatoms. The van der Waals surface area contributed by atoms with Crippen molar-refractivity contribution in [3.8, 4) is 0 Å². The molecule has 4 aliphatic rings. The second-order valence-corrected chi connectivity index (χ2v) is 13.4. The zero-order chi connectivity index (χ0) is 43.1. The van der Waals surface area contributed by atoms with E-state index in [1.165, 1.54) is 18.2 Å². The fourth-order valence-corrected chi connectivity index (χ4v) is 6.74. The predicted octanol–water partition coefficient (Wildman–Crippen LogP) is -0.995. The Morgan fingerprint density at radius 1 is 0.567 bits per heavy atom. The summed E-state index contributed by atoms with van der Waals surface area (Å²) in [5, 5.41) is 79.6. The Morgan fingerprint density at radius 3 is 1.47 bits per heavy atom. The van der Waals surface area contributed by atoms with Gasteiger partial charge in [0.1, 0.15) is 18.3 Å². The molecule has 0 spiro atoms. The van der Waals surface area contributed by atoms with Gasteiger partial charge >= 0.3 is 28.5 Å². The topological polar surface area (TPSA) is 342 Å². The molecule has 0 radical (unpaired) electrons. The van der Waals surface area contributed by atoms with Crippen molar-refractivity contribution in [3.63, 3.8) is 0 Å². The number of fused-ring (bicyclic) bond motifs is 4. The van der Waals surface area contributed by atoms with E-state index in [-0.39, 0.29) is 37.8 Å². The molecule has 0 aromatic heterocycles. The van der Waals surface area contributed by atoms with Crippen molar-refractivity contribution in [2.75, 3.05) is 31.9 Å². The summed E-state index contributed by atoms with van der Waals surface area (Å²) in [4.78, 5) is 39.6. The molecule has 60 heavy (non-hydrogen) atoms. The number of nitro benzene ring substituents is 1. The van der Waals surface area contributed by atoms with E-state index in [0.29, 0.717) is 39.8 Å². The molecule has 4 aliphatic heterocycles. The van der Waals surface area contributed by atoms with Crippen molar-refractivity contribution in [1.29, 1.82) is 0 Å². The average Bonchev–Trinajstić information content (AvgIpc) is 3.87. The smallest absolute Gasteiger partial charge is 0.423 e. The molecule has 0 saturated heterocycles. The van der Waals surface area contributed by atoms with E-state index in [1.807, 2.05) is 19.1 Å². The Balaban J connectivity index is 0.000000176. The number of nitrogens with zero attached hydrogens (tertiary/aromatic N) is 4. The number of nitro groups is 4. The minimum Gasteiger partial charge on any atom is -0.423 e. The van der Waals surface area contributed by atoms with Crippen molar-refractivity contribution in [1.82, 2.24) is 0 Å². The summed E-state index contributed by atoms with van der Waals surface area (Å²) in [7, 11) is -4.30. The van der Waals surface area contributed by atoms with E-state index in [9.17, 15) is 60.6 Å². The molecular formula is C34H40B4N6O16. The normalized spacial score (nSPS) is 18.8. The number of hydrogen-bond donors (Lipinski definition) is 6. The molecule has 8 rings (SSSR count). The van der Waals surface area contributed by atoms with Crippen LogP contribution in [0.5, 0.6) is 0 Å². The number of aryl methyl sites for hydroxylation is 1. The van der Waals surface area contributed by atoms with Gasteiger partial charge in [0.15, 0.2) is 0 Å². The van der Waals surface area contributed by atoms with Crippen LogP contribution in [0.3, 0.4) is 0 Å². The lowest BCUT2D eigenvalue weighted by atomic mass is 9.78.